The molecule has 1 aromatic carbocycles. The molecule has 1 N–H and O–H groups in total. The van der Waals surface area contributed by atoms with Gasteiger partial charge in [-0.15, -0.1) is 0 Å². The minimum Gasteiger partial charge on any atom is -0.394 e. The molecule has 0 radical (unpaired) electrons. The average molecular weight is 260 g/mol. The van der Waals surface area contributed by atoms with E-state index in [1.165, 1.54) is 0 Å². The maximum absolute atomic E-state index is 9.34. The molecule has 0 spiro atoms. The van der Waals surface area contributed by atoms with Crippen molar-refractivity contribution in [2.45, 2.75) is 32.5 Å². The number of nitriles is 1. The first kappa shape index (κ1) is 13.9. The highest BCUT2D eigenvalue weighted by atomic mass is 16.5. The second-order valence-electron chi connectivity index (χ2n) is 5.70. The van der Waals surface area contributed by atoms with Crippen LogP contribution >= 0.6 is 0 Å². The number of hydrogen-bond donors (Lipinski definition) is 1. The molecule has 0 amide bonds. The molecular formula is C15H20N2O2. The van der Waals surface area contributed by atoms with E-state index in [0.29, 0.717) is 18.7 Å². The van der Waals surface area contributed by atoms with Gasteiger partial charge >= 0.3 is 0 Å². The smallest absolute Gasteiger partial charge is 0.101 e. The summed E-state index contributed by atoms with van der Waals surface area (Å²) in [6.07, 6.45) is -0.211. The van der Waals surface area contributed by atoms with Crippen LogP contribution in [0.4, 0.5) is 5.69 Å². The van der Waals surface area contributed by atoms with Gasteiger partial charge in [0.2, 0.25) is 0 Å². The summed E-state index contributed by atoms with van der Waals surface area (Å²) < 4.78 is 5.80. The van der Waals surface area contributed by atoms with Crippen molar-refractivity contribution >= 4 is 5.69 Å². The monoisotopic (exact) mass is 260 g/mol. The lowest BCUT2D eigenvalue weighted by Crippen LogP contribution is -2.54. The van der Waals surface area contributed by atoms with Crippen LogP contribution in [-0.2, 0) is 4.74 Å². The van der Waals surface area contributed by atoms with Crippen molar-refractivity contribution in [2.24, 2.45) is 0 Å². The van der Waals surface area contributed by atoms with Crippen molar-refractivity contribution in [3.63, 3.8) is 0 Å². The molecule has 0 aliphatic carbocycles. The first-order valence-corrected chi connectivity index (χ1v) is 6.49. The van der Waals surface area contributed by atoms with E-state index < -0.39 is 0 Å². The van der Waals surface area contributed by atoms with E-state index in [4.69, 9.17) is 4.74 Å². The van der Waals surface area contributed by atoms with Crippen LogP contribution in [0.25, 0.3) is 0 Å². The number of benzene rings is 1. The van der Waals surface area contributed by atoms with Gasteiger partial charge < -0.3 is 14.7 Å². The normalized spacial score (nSPS) is 22.1. The van der Waals surface area contributed by atoms with Crippen LogP contribution in [0.15, 0.2) is 18.2 Å². The number of hydrogen-bond acceptors (Lipinski definition) is 4. The Morgan fingerprint density at radius 1 is 1.53 bits per heavy atom. The van der Waals surface area contributed by atoms with Crippen LogP contribution < -0.4 is 4.90 Å². The van der Waals surface area contributed by atoms with Crippen LogP contribution in [-0.4, -0.2) is 36.5 Å². The van der Waals surface area contributed by atoms with E-state index in [1.54, 1.807) is 0 Å². The Bertz CT molecular complexity index is 505. The summed E-state index contributed by atoms with van der Waals surface area (Å²) >= 11 is 0. The number of rotatable bonds is 2. The molecule has 0 bridgehead atoms. The summed E-state index contributed by atoms with van der Waals surface area (Å²) in [5.41, 5.74) is 2.34. The third kappa shape index (κ3) is 3.06. The van der Waals surface area contributed by atoms with E-state index >= 15 is 0 Å². The fourth-order valence-corrected chi connectivity index (χ4v) is 2.59. The van der Waals surface area contributed by atoms with Gasteiger partial charge in [-0.2, -0.15) is 5.26 Å². The SMILES string of the molecule is Cc1ccc(N2CC(CO)OC(C)(C)C2)c(C#N)c1. The molecule has 0 saturated carbocycles. The van der Waals surface area contributed by atoms with Gasteiger partial charge in [-0.05, 0) is 38.5 Å². The Labute approximate surface area is 114 Å². The van der Waals surface area contributed by atoms with E-state index in [2.05, 4.69) is 11.0 Å². The highest BCUT2D eigenvalue weighted by molar-refractivity contribution is 5.61. The summed E-state index contributed by atoms with van der Waals surface area (Å²) in [4.78, 5) is 2.13. The fraction of sp³-hybridized carbons (Fsp3) is 0.533. The minimum atomic E-state index is -0.330. The lowest BCUT2D eigenvalue weighted by molar-refractivity contribution is -0.101. The highest BCUT2D eigenvalue weighted by Crippen LogP contribution is 2.28. The molecule has 2 rings (SSSR count). The number of aryl methyl sites for hydroxylation is 1. The van der Waals surface area contributed by atoms with Crippen molar-refractivity contribution in [3.05, 3.63) is 29.3 Å². The lowest BCUT2D eigenvalue weighted by Gasteiger charge is -2.43. The highest BCUT2D eigenvalue weighted by Gasteiger charge is 2.33. The van der Waals surface area contributed by atoms with Crippen molar-refractivity contribution < 1.29 is 9.84 Å². The molecule has 1 fully saturated rings. The average Bonchev–Trinajstić information content (AvgIpc) is 2.36. The maximum Gasteiger partial charge on any atom is 0.101 e. The maximum atomic E-state index is 9.34. The van der Waals surface area contributed by atoms with Crippen LogP contribution in [0.5, 0.6) is 0 Å². The quantitative estimate of drug-likeness (QED) is 0.881. The van der Waals surface area contributed by atoms with E-state index in [0.717, 1.165) is 11.3 Å². The zero-order valence-corrected chi connectivity index (χ0v) is 11.7. The zero-order valence-electron chi connectivity index (χ0n) is 11.7. The summed E-state index contributed by atoms with van der Waals surface area (Å²) in [6.45, 7) is 7.29. The van der Waals surface area contributed by atoms with Gasteiger partial charge in [-0.1, -0.05) is 6.07 Å². The second-order valence-corrected chi connectivity index (χ2v) is 5.70. The summed E-state index contributed by atoms with van der Waals surface area (Å²) in [5.74, 6) is 0. The molecule has 1 unspecified atom stereocenters. The molecule has 1 aliphatic heterocycles. The van der Waals surface area contributed by atoms with Gasteiger partial charge in [-0.25, -0.2) is 0 Å². The van der Waals surface area contributed by atoms with Crippen molar-refractivity contribution in [1.29, 1.82) is 5.26 Å². The molecule has 1 heterocycles. The molecule has 1 atom stereocenters. The second kappa shape index (κ2) is 5.20. The van der Waals surface area contributed by atoms with Crippen LogP contribution in [0.1, 0.15) is 25.0 Å². The lowest BCUT2D eigenvalue weighted by atomic mass is 10.0. The van der Waals surface area contributed by atoms with Crippen LogP contribution in [0.3, 0.4) is 0 Å². The Morgan fingerprint density at radius 3 is 2.89 bits per heavy atom. The number of ether oxygens (including phenoxy) is 1. The molecule has 0 aromatic heterocycles. The molecule has 1 saturated heterocycles. The van der Waals surface area contributed by atoms with Crippen LogP contribution in [0.2, 0.25) is 0 Å². The fourth-order valence-electron chi connectivity index (χ4n) is 2.59. The number of aliphatic hydroxyl groups is 1. The molecule has 19 heavy (non-hydrogen) atoms. The molecule has 4 nitrogen and oxygen atoms in total. The third-order valence-electron chi connectivity index (χ3n) is 3.30. The molecule has 1 aliphatic rings. The van der Waals surface area contributed by atoms with Crippen molar-refractivity contribution in [2.75, 3.05) is 24.6 Å². The number of nitrogens with zero attached hydrogens (tertiary/aromatic N) is 2. The Morgan fingerprint density at radius 2 is 2.26 bits per heavy atom. The molecule has 102 valence electrons. The first-order valence-electron chi connectivity index (χ1n) is 6.49. The standard InChI is InChI=1S/C15H20N2O2/c1-11-4-5-14(12(6-11)7-16)17-8-13(9-18)19-15(2,3)10-17/h4-6,13,18H,8-10H2,1-3H3. The largest absolute Gasteiger partial charge is 0.394 e. The molecule has 1 aromatic rings. The molecular weight excluding hydrogens is 240 g/mol. The zero-order chi connectivity index (χ0) is 14.0. The summed E-state index contributed by atoms with van der Waals surface area (Å²) in [5, 5.41) is 18.6. The number of aliphatic hydroxyl groups excluding tert-OH is 1. The number of anilines is 1. The summed E-state index contributed by atoms with van der Waals surface area (Å²) in [6, 6.07) is 8.13. The van der Waals surface area contributed by atoms with Gasteiger partial charge in [0.05, 0.1) is 29.6 Å². The van der Waals surface area contributed by atoms with E-state index in [1.807, 2.05) is 39.0 Å². The Kier molecular flexibility index (Phi) is 3.79. The van der Waals surface area contributed by atoms with E-state index in [-0.39, 0.29) is 18.3 Å². The van der Waals surface area contributed by atoms with Crippen LogP contribution in [0, 0.1) is 18.3 Å². The summed E-state index contributed by atoms with van der Waals surface area (Å²) in [7, 11) is 0. The Balaban J connectivity index is 2.33. The third-order valence-corrected chi connectivity index (χ3v) is 3.30. The molecule has 4 heteroatoms. The topological polar surface area (TPSA) is 56.5 Å². The van der Waals surface area contributed by atoms with Gasteiger partial charge in [0.25, 0.3) is 0 Å². The predicted molar refractivity (Wildman–Crippen MR) is 74.1 cm³/mol. The van der Waals surface area contributed by atoms with Crippen molar-refractivity contribution in [1.82, 2.24) is 0 Å². The predicted octanol–water partition coefficient (Wildman–Crippen LogP) is 1.84. The van der Waals surface area contributed by atoms with Gasteiger partial charge in [0.15, 0.2) is 0 Å². The van der Waals surface area contributed by atoms with Gasteiger partial charge in [-0.3, -0.25) is 0 Å². The Hall–Kier alpha value is -1.57. The van der Waals surface area contributed by atoms with Gasteiger partial charge in [0, 0.05) is 13.1 Å². The van der Waals surface area contributed by atoms with E-state index in [9.17, 15) is 10.4 Å². The minimum absolute atomic E-state index is 0.00627. The first-order chi connectivity index (χ1) is 8.95. The van der Waals surface area contributed by atoms with Crippen molar-refractivity contribution in [3.8, 4) is 6.07 Å². The van der Waals surface area contributed by atoms with Gasteiger partial charge in [0.1, 0.15) is 6.07 Å². The number of morpholine rings is 1.